The van der Waals surface area contributed by atoms with Crippen molar-refractivity contribution in [2.24, 2.45) is 23.2 Å². The van der Waals surface area contributed by atoms with Crippen molar-refractivity contribution in [1.29, 1.82) is 5.26 Å². The number of carbonyl (C=O) groups is 1. The lowest BCUT2D eigenvalue weighted by Gasteiger charge is -2.34. The van der Waals surface area contributed by atoms with Crippen LogP contribution in [-0.4, -0.2) is 11.1 Å². The number of phenolic OH excluding ortho intramolecular Hbond substituents is 1. The van der Waals surface area contributed by atoms with E-state index < -0.39 is 0 Å². The monoisotopic (exact) mass is 385 g/mol. The van der Waals surface area contributed by atoms with Crippen LogP contribution in [0.15, 0.2) is 24.3 Å². The Morgan fingerprint density at radius 2 is 1.82 bits per heavy atom. The summed E-state index contributed by atoms with van der Waals surface area (Å²) in [5, 5.41) is 19.1. The average Bonchev–Trinajstić information content (AvgIpc) is 2.68. The first-order valence-corrected chi connectivity index (χ1v) is 10.8. The Morgan fingerprint density at radius 3 is 2.39 bits per heavy atom. The maximum Gasteiger partial charge on any atom is 0.314 e. The Balaban J connectivity index is 1.78. The maximum atomic E-state index is 12.4. The van der Waals surface area contributed by atoms with Gasteiger partial charge in [0.05, 0.1) is 17.4 Å². The number of hydrogen-bond acceptors (Lipinski definition) is 4. The fourth-order valence-corrected chi connectivity index (χ4v) is 4.08. The molecule has 0 spiro atoms. The van der Waals surface area contributed by atoms with E-state index in [-0.39, 0.29) is 23.1 Å². The van der Waals surface area contributed by atoms with Crippen LogP contribution < -0.4 is 4.74 Å². The highest BCUT2D eigenvalue weighted by Crippen LogP contribution is 2.43. The first-order chi connectivity index (χ1) is 13.3. The second-order valence-electron chi connectivity index (χ2n) is 9.05. The number of esters is 1. The molecule has 1 unspecified atom stereocenters. The average molecular weight is 386 g/mol. The van der Waals surface area contributed by atoms with E-state index in [1.807, 2.05) is 0 Å². The fraction of sp³-hybridized carbons (Fsp3) is 0.667. The van der Waals surface area contributed by atoms with Gasteiger partial charge in [-0.1, -0.05) is 40.0 Å². The molecule has 0 radical (unpaired) electrons. The molecule has 2 rings (SSSR count). The van der Waals surface area contributed by atoms with E-state index in [4.69, 9.17) is 4.74 Å². The third-order valence-corrected chi connectivity index (χ3v) is 6.16. The molecule has 1 fully saturated rings. The standard InChI is InChI=1S/C24H35NO3/c1-18(2)5-4-6-19(3)11-14-24(17-25)15-12-20(13-16-24)23(27)28-22-9-7-21(26)8-10-22/h7-10,18-20,26H,4-6,11-16H2,1-3H3. The van der Waals surface area contributed by atoms with Crippen molar-refractivity contribution in [3.8, 4) is 17.6 Å². The molecule has 1 aromatic rings. The molecule has 0 aliphatic heterocycles. The van der Waals surface area contributed by atoms with Crippen LogP contribution in [-0.2, 0) is 4.79 Å². The van der Waals surface area contributed by atoms with E-state index in [2.05, 4.69) is 26.8 Å². The molecule has 28 heavy (non-hydrogen) atoms. The number of nitriles is 1. The second kappa shape index (κ2) is 10.5. The minimum Gasteiger partial charge on any atom is -0.508 e. The Bertz CT molecular complexity index is 651. The zero-order valence-electron chi connectivity index (χ0n) is 17.6. The smallest absolute Gasteiger partial charge is 0.314 e. The van der Waals surface area contributed by atoms with Gasteiger partial charge in [-0.3, -0.25) is 4.79 Å². The SMILES string of the molecule is CC(C)CCCC(C)CCC1(C#N)CCC(C(=O)Oc2ccc(O)cc2)CC1. The molecule has 1 N–H and O–H groups in total. The lowest BCUT2D eigenvalue weighted by molar-refractivity contribution is -0.140. The summed E-state index contributed by atoms with van der Waals surface area (Å²) in [6.07, 6.45) is 8.79. The van der Waals surface area contributed by atoms with E-state index in [9.17, 15) is 15.2 Å². The number of carbonyl (C=O) groups excluding carboxylic acids is 1. The minimum absolute atomic E-state index is 0.140. The number of rotatable bonds is 9. The zero-order chi connectivity index (χ0) is 20.6. The van der Waals surface area contributed by atoms with Crippen molar-refractivity contribution >= 4 is 5.97 Å². The Morgan fingerprint density at radius 1 is 1.18 bits per heavy atom. The number of ether oxygens (including phenoxy) is 1. The Kier molecular flexibility index (Phi) is 8.35. The van der Waals surface area contributed by atoms with Gasteiger partial charge in [-0.15, -0.1) is 0 Å². The van der Waals surface area contributed by atoms with Crippen molar-refractivity contribution in [1.82, 2.24) is 0 Å². The number of hydrogen-bond donors (Lipinski definition) is 1. The number of benzene rings is 1. The molecule has 1 saturated carbocycles. The molecule has 4 heteroatoms. The first kappa shape index (κ1) is 22.3. The number of phenols is 1. The van der Waals surface area contributed by atoms with E-state index in [0.29, 0.717) is 24.5 Å². The van der Waals surface area contributed by atoms with Crippen LogP contribution in [0, 0.1) is 34.5 Å². The lowest BCUT2D eigenvalue weighted by atomic mass is 9.68. The summed E-state index contributed by atoms with van der Waals surface area (Å²) in [7, 11) is 0. The van der Waals surface area contributed by atoms with E-state index in [1.54, 1.807) is 12.1 Å². The molecule has 4 nitrogen and oxygen atoms in total. The normalized spacial score (nSPS) is 23.2. The number of aromatic hydroxyl groups is 1. The highest BCUT2D eigenvalue weighted by molar-refractivity contribution is 5.75. The maximum absolute atomic E-state index is 12.4. The van der Waals surface area contributed by atoms with Crippen LogP contribution in [0.1, 0.15) is 78.6 Å². The lowest BCUT2D eigenvalue weighted by Crippen LogP contribution is -2.31. The molecule has 0 bridgehead atoms. The predicted molar refractivity (Wildman–Crippen MR) is 111 cm³/mol. The topological polar surface area (TPSA) is 70.3 Å². The summed E-state index contributed by atoms with van der Waals surface area (Å²) in [6.45, 7) is 6.83. The van der Waals surface area contributed by atoms with Gasteiger partial charge >= 0.3 is 5.97 Å². The second-order valence-corrected chi connectivity index (χ2v) is 9.05. The molecule has 0 heterocycles. The van der Waals surface area contributed by atoms with Crippen molar-refractivity contribution in [3.05, 3.63) is 24.3 Å². The Labute approximate surface area is 169 Å². The minimum atomic E-state index is -0.276. The van der Waals surface area contributed by atoms with Gasteiger partial charge in [-0.25, -0.2) is 0 Å². The largest absolute Gasteiger partial charge is 0.508 e. The van der Waals surface area contributed by atoms with Crippen molar-refractivity contribution in [2.45, 2.75) is 78.6 Å². The van der Waals surface area contributed by atoms with Crippen LogP contribution >= 0.6 is 0 Å². The third kappa shape index (κ3) is 6.86. The van der Waals surface area contributed by atoms with E-state index in [0.717, 1.165) is 31.6 Å². The van der Waals surface area contributed by atoms with Gasteiger partial charge < -0.3 is 9.84 Å². The molecule has 1 aliphatic carbocycles. The molecule has 1 aliphatic rings. The fourth-order valence-electron chi connectivity index (χ4n) is 4.08. The van der Waals surface area contributed by atoms with Gasteiger partial charge in [-0.05, 0) is 74.6 Å². The molecule has 0 aromatic heterocycles. The Hall–Kier alpha value is -2.02. The summed E-state index contributed by atoms with van der Waals surface area (Å²) < 4.78 is 5.44. The van der Waals surface area contributed by atoms with Gasteiger partial charge in [0.25, 0.3) is 0 Å². The van der Waals surface area contributed by atoms with Crippen molar-refractivity contribution < 1.29 is 14.6 Å². The van der Waals surface area contributed by atoms with Crippen molar-refractivity contribution in [2.75, 3.05) is 0 Å². The highest BCUT2D eigenvalue weighted by atomic mass is 16.5. The molecule has 0 amide bonds. The molecule has 0 saturated heterocycles. The summed E-state index contributed by atoms with van der Waals surface area (Å²) >= 11 is 0. The van der Waals surface area contributed by atoms with Crippen molar-refractivity contribution in [3.63, 3.8) is 0 Å². The van der Waals surface area contributed by atoms with Crippen LogP contribution in [0.25, 0.3) is 0 Å². The van der Waals surface area contributed by atoms with Crippen LogP contribution in [0.5, 0.6) is 11.5 Å². The van der Waals surface area contributed by atoms with Crippen LogP contribution in [0.3, 0.4) is 0 Å². The highest BCUT2D eigenvalue weighted by Gasteiger charge is 2.38. The van der Waals surface area contributed by atoms with Gasteiger partial charge in [-0.2, -0.15) is 5.26 Å². The summed E-state index contributed by atoms with van der Waals surface area (Å²) in [5.41, 5.74) is -0.276. The summed E-state index contributed by atoms with van der Waals surface area (Å²) in [6, 6.07) is 8.78. The third-order valence-electron chi connectivity index (χ3n) is 6.16. The van der Waals surface area contributed by atoms with Gasteiger partial charge in [0.1, 0.15) is 11.5 Å². The molecular weight excluding hydrogens is 350 g/mol. The van der Waals surface area contributed by atoms with Gasteiger partial charge in [0, 0.05) is 0 Å². The zero-order valence-corrected chi connectivity index (χ0v) is 17.6. The van der Waals surface area contributed by atoms with E-state index in [1.165, 1.54) is 31.4 Å². The summed E-state index contributed by atoms with van der Waals surface area (Å²) in [4.78, 5) is 12.4. The summed E-state index contributed by atoms with van der Waals surface area (Å²) in [5.74, 6) is 1.65. The molecule has 1 aromatic carbocycles. The van der Waals surface area contributed by atoms with Crippen LogP contribution in [0.4, 0.5) is 0 Å². The molecular formula is C24H35NO3. The predicted octanol–water partition coefficient (Wildman–Crippen LogP) is 6.24. The van der Waals surface area contributed by atoms with E-state index >= 15 is 0 Å². The number of nitrogens with zero attached hydrogens (tertiary/aromatic N) is 1. The first-order valence-electron chi connectivity index (χ1n) is 10.8. The molecule has 154 valence electrons. The van der Waals surface area contributed by atoms with Gasteiger partial charge in [0.2, 0.25) is 0 Å². The molecule has 1 atom stereocenters. The van der Waals surface area contributed by atoms with Crippen LogP contribution in [0.2, 0.25) is 0 Å². The quantitative estimate of drug-likeness (QED) is 0.403. The van der Waals surface area contributed by atoms with Gasteiger partial charge in [0.15, 0.2) is 0 Å².